The van der Waals surface area contributed by atoms with Gasteiger partial charge in [0, 0.05) is 12.8 Å². The molecule has 4 amide bonds. The second-order valence-electron chi connectivity index (χ2n) is 19.1. The molecule has 6 atom stereocenters. The van der Waals surface area contributed by atoms with E-state index in [4.69, 9.17) is 9.72 Å². The van der Waals surface area contributed by atoms with Crippen LogP contribution in [-0.2, 0) is 25.5 Å². The second-order valence-corrected chi connectivity index (χ2v) is 19.1. The Morgan fingerprint density at radius 2 is 1.27 bits per heavy atom. The van der Waals surface area contributed by atoms with E-state index in [0.717, 1.165) is 56.9 Å². The van der Waals surface area contributed by atoms with Gasteiger partial charge < -0.3 is 39.9 Å². The molecule has 5 aromatic rings. The number of carbonyl (C=O) groups excluding carboxylic acids is 4. The Labute approximate surface area is 384 Å². The predicted octanol–water partition coefficient (Wildman–Crippen LogP) is 8.92. The standard InChI is InChI=1S/C49H54F4N8O6/c1-24(2)40(58-46(64)66-5)44(62)60-22-48(50,51)19-37(60)42-54-21-36(57-42)27-9-7-26(8-10-27)31-15-14-30(33-17-28-11-13-32(28)39(31)33)29-12-16-34-35(18-29)56-43(55-34)38-20-49(52,53)23-61(38)45(63)41(25(3)4)59-47(65)67-6/h7-10,12,14-16,18,21,24-25,28,32,37-38,40-41H,11,13,17,19-20,22-23H2,1-6H3,(H,54,57)(H,55,56)(H,58,64)(H,59,65). The molecule has 2 saturated heterocycles. The molecule has 3 aromatic carbocycles. The van der Waals surface area contributed by atoms with Crippen molar-refractivity contribution in [2.45, 2.75) is 102 Å². The number of methoxy groups -OCH3 is 2. The number of alkyl carbamates (subject to hydrolysis) is 2. The first-order valence-electron chi connectivity index (χ1n) is 22.7. The number of ether oxygens (including phenoxy) is 2. The predicted molar refractivity (Wildman–Crippen MR) is 240 cm³/mol. The van der Waals surface area contributed by atoms with Crippen LogP contribution in [0.2, 0.25) is 0 Å². The molecule has 0 bridgehead atoms. The highest BCUT2D eigenvalue weighted by atomic mass is 19.3. The number of fused-ring (bicyclic) bond motifs is 4. The van der Waals surface area contributed by atoms with E-state index in [1.165, 1.54) is 25.3 Å². The normalized spacial score (nSPS) is 22.3. The molecule has 18 heteroatoms. The molecule has 2 aliphatic heterocycles. The molecule has 4 aliphatic rings. The van der Waals surface area contributed by atoms with Gasteiger partial charge in [-0.2, -0.15) is 0 Å². The first kappa shape index (κ1) is 45.7. The summed E-state index contributed by atoms with van der Waals surface area (Å²) in [6, 6.07) is 13.9. The number of imidazole rings is 2. The molecule has 9 rings (SSSR count). The van der Waals surface area contributed by atoms with Crippen LogP contribution in [0.5, 0.6) is 0 Å². The topological polar surface area (TPSA) is 175 Å². The van der Waals surface area contributed by atoms with Crippen LogP contribution in [0, 0.1) is 17.8 Å². The number of benzene rings is 3. The van der Waals surface area contributed by atoms with E-state index in [9.17, 15) is 28.0 Å². The first-order valence-corrected chi connectivity index (χ1v) is 22.7. The highest BCUT2D eigenvalue weighted by molar-refractivity contribution is 5.89. The van der Waals surface area contributed by atoms with Crippen molar-refractivity contribution < 1.29 is 46.2 Å². The van der Waals surface area contributed by atoms with Crippen LogP contribution in [-0.4, -0.2) is 105 Å². The van der Waals surface area contributed by atoms with Gasteiger partial charge in [-0.25, -0.2) is 37.1 Å². The summed E-state index contributed by atoms with van der Waals surface area (Å²) in [5, 5.41) is 4.99. The van der Waals surface area contributed by atoms with Gasteiger partial charge in [0.15, 0.2) is 0 Å². The molecule has 0 radical (unpaired) electrons. The van der Waals surface area contributed by atoms with Crippen LogP contribution in [0.4, 0.5) is 27.2 Å². The van der Waals surface area contributed by atoms with Crippen LogP contribution >= 0.6 is 0 Å². The largest absolute Gasteiger partial charge is 0.453 e. The van der Waals surface area contributed by atoms with Crippen molar-refractivity contribution in [1.82, 2.24) is 40.4 Å². The van der Waals surface area contributed by atoms with E-state index >= 15 is 8.78 Å². The van der Waals surface area contributed by atoms with Gasteiger partial charge in [-0.15, -0.1) is 0 Å². The van der Waals surface area contributed by atoms with Gasteiger partial charge in [-0.1, -0.05) is 70.2 Å². The number of likely N-dealkylation sites (tertiary alicyclic amines) is 2. The lowest BCUT2D eigenvalue weighted by Crippen LogP contribution is -2.51. The number of nitrogens with zero attached hydrogens (tertiary/aromatic N) is 4. The van der Waals surface area contributed by atoms with E-state index in [-0.39, 0.29) is 23.5 Å². The fourth-order valence-electron chi connectivity index (χ4n) is 10.5. The Bertz CT molecular complexity index is 2740. The minimum Gasteiger partial charge on any atom is -0.453 e. The zero-order valence-corrected chi connectivity index (χ0v) is 38.1. The average Bonchev–Trinajstić information content (AvgIpc) is 4.12. The molecule has 4 heterocycles. The van der Waals surface area contributed by atoms with Crippen molar-refractivity contribution in [2.75, 3.05) is 27.3 Å². The minimum absolute atomic E-state index is 0.223. The fraction of sp³-hybridized carbons (Fsp3) is 0.469. The molecule has 14 nitrogen and oxygen atoms in total. The molecule has 6 unspecified atom stereocenters. The number of H-pyrrole nitrogens is 2. The van der Waals surface area contributed by atoms with Crippen molar-refractivity contribution in [1.29, 1.82) is 0 Å². The number of halogens is 4. The van der Waals surface area contributed by atoms with Crippen molar-refractivity contribution in [3.05, 3.63) is 83.6 Å². The molecule has 67 heavy (non-hydrogen) atoms. The van der Waals surface area contributed by atoms with Crippen LogP contribution in [0.25, 0.3) is 44.5 Å². The fourth-order valence-corrected chi connectivity index (χ4v) is 10.5. The average molecular weight is 927 g/mol. The Kier molecular flexibility index (Phi) is 11.8. The maximum Gasteiger partial charge on any atom is 0.407 e. The molecule has 2 aromatic heterocycles. The smallest absolute Gasteiger partial charge is 0.407 e. The molecule has 1 saturated carbocycles. The zero-order chi connectivity index (χ0) is 47.7. The van der Waals surface area contributed by atoms with Gasteiger partial charge in [0.2, 0.25) is 11.8 Å². The lowest BCUT2D eigenvalue weighted by atomic mass is 9.73. The summed E-state index contributed by atoms with van der Waals surface area (Å²) in [5.41, 5.74) is 9.37. The summed E-state index contributed by atoms with van der Waals surface area (Å²) in [4.78, 5) is 69.3. The lowest BCUT2D eigenvalue weighted by molar-refractivity contribution is -0.137. The number of carbonyl (C=O) groups is 4. The molecule has 2 aliphatic carbocycles. The van der Waals surface area contributed by atoms with E-state index in [0.29, 0.717) is 28.6 Å². The highest BCUT2D eigenvalue weighted by Crippen LogP contribution is 2.56. The Morgan fingerprint density at radius 1 is 0.716 bits per heavy atom. The van der Waals surface area contributed by atoms with Crippen molar-refractivity contribution in [2.24, 2.45) is 17.8 Å². The summed E-state index contributed by atoms with van der Waals surface area (Å²) in [7, 11) is 2.34. The van der Waals surface area contributed by atoms with Gasteiger partial charge in [0.25, 0.3) is 11.8 Å². The second kappa shape index (κ2) is 17.3. The van der Waals surface area contributed by atoms with E-state index in [2.05, 4.69) is 42.5 Å². The van der Waals surface area contributed by atoms with Gasteiger partial charge in [0.05, 0.1) is 62.3 Å². The number of amides is 4. The Balaban J connectivity index is 0.968. The van der Waals surface area contributed by atoms with Gasteiger partial charge in [0.1, 0.15) is 23.7 Å². The quantitative estimate of drug-likeness (QED) is 0.0951. The first-order chi connectivity index (χ1) is 31.8. The van der Waals surface area contributed by atoms with Gasteiger partial charge in [-0.05, 0) is 94.0 Å². The maximum absolute atomic E-state index is 15.1. The van der Waals surface area contributed by atoms with Crippen LogP contribution in [0.15, 0.2) is 60.8 Å². The van der Waals surface area contributed by atoms with Crippen LogP contribution in [0.3, 0.4) is 0 Å². The number of aromatic nitrogens is 4. The molecule has 4 N–H and O–H groups in total. The lowest BCUT2D eigenvalue weighted by Gasteiger charge is -2.31. The van der Waals surface area contributed by atoms with Crippen LogP contribution in [0.1, 0.15) is 94.2 Å². The number of hydrogen-bond donors (Lipinski definition) is 4. The third-order valence-electron chi connectivity index (χ3n) is 14.0. The van der Waals surface area contributed by atoms with E-state index in [1.54, 1.807) is 33.9 Å². The third-order valence-corrected chi connectivity index (χ3v) is 14.0. The highest BCUT2D eigenvalue weighted by Gasteiger charge is 2.52. The Hall–Kier alpha value is -6.46. The number of hydrogen-bond acceptors (Lipinski definition) is 8. The number of alkyl halides is 4. The van der Waals surface area contributed by atoms with Gasteiger partial charge >= 0.3 is 12.2 Å². The maximum atomic E-state index is 15.1. The van der Waals surface area contributed by atoms with Crippen molar-refractivity contribution in [3.63, 3.8) is 0 Å². The number of aromatic amines is 2. The molecular formula is C49H54F4N8O6. The van der Waals surface area contributed by atoms with Gasteiger partial charge in [-0.3, -0.25) is 9.59 Å². The molecule has 354 valence electrons. The number of nitrogens with one attached hydrogen (secondary N) is 4. The van der Waals surface area contributed by atoms with E-state index in [1.807, 2.05) is 42.5 Å². The zero-order valence-electron chi connectivity index (χ0n) is 38.1. The summed E-state index contributed by atoms with van der Waals surface area (Å²) < 4.78 is 69.4. The minimum atomic E-state index is -3.16. The monoisotopic (exact) mass is 926 g/mol. The van der Waals surface area contributed by atoms with E-state index < -0.39 is 85.9 Å². The summed E-state index contributed by atoms with van der Waals surface area (Å²) in [6.45, 7) is 5.27. The molecule has 3 fully saturated rings. The van der Waals surface area contributed by atoms with Crippen LogP contribution < -0.4 is 10.6 Å². The summed E-state index contributed by atoms with van der Waals surface area (Å²) in [6.07, 6.45) is 1.83. The summed E-state index contributed by atoms with van der Waals surface area (Å²) in [5.74, 6) is -6.96. The number of rotatable bonds is 11. The van der Waals surface area contributed by atoms with Crippen molar-refractivity contribution in [3.8, 4) is 33.5 Å². The Morgan fingerprint density at radius 3 is 1.82 bits per heavy atom. The van der Waals surface area contributed by atoms with Crippen molar-refractivity contribution >= 4 is 35.0 Å². The third kappa shape index (κ3) is 8.58. The summed E-state index contributed by atoms with van der Waals surface area (Å²) >= 11 is 0. The SMILES string of the molecule is COC(=O)NC(C(=O)N1CC(F)(F)CC1c1ncc(-c2ccc(-c3ccc(-c4ccc5nc(C6CC(F)(F)CN6C(=O)C(NC(=O)OC)C(C)C)[nH]c5c4)c4c3C3CCC3C4)cc2)[nH]1)C(C)C. The molecule has 0 spiro atoms. The molecular weight excluding hydrogens is 873 g/mol.